The fraction of sp³-hybridized carbons (Fsp3) is 0.267. The third-order valence-corrected chi connectivity index (χ3v) is 6.81. The number of carbonyl (C=O) groups is 2. The number of aryl methyl sites for hydroxylation is 1. The first-order valence-electron chi connectivity index (χ1n) is 12.8. The molecule has 0 aliphatic carbocycles. The first-order chi connectivity index (χ1) is 19.4. The summed E-state index contributed by atoms with van der Waals surface area (Å²) in [4.78, 5) is 33.4. The minimum atomic E-state index is -1.13. The first-order valence-corrected chi connectivity index (χ1v) is 13.2. The Bertz CT molecular complexity index is 1540. The van der Waals surface area contributed by atoms with Gasteiger partial charge >= 0.3 is 6.16 Å². The molecule has 9 nitrogen and oxygen atoms in total. The summed E-state index contributed by atoms with van der Waals surface area (Å²) in [5.41, 5.74) is 1.27. The number of carbonyl (C=O) groups excluding carboxylic acids is 2. The standard InChI is InChI=1S/C30H27ClN4O5/c1-2-30(20-39-29(37)38-19-22-11-7-4-8-12-22)17-15-25(40-30)35-18-16-23-26(33-28(31)34-27(23)35)32-24(36)14-13-21-9-5-3-6-10-21/h1,3-12,16,18,25H,13-15,17,19-20H2,(H,32,33,34,36)/t25-,30+/m1/s1. The lowest BCUT2D eigenvalue weighted by molar-refractivity contribution is -0.116. The molecule has 10 heteroatoms. The van der Waals surface area contributed by atoms with Crippen molar-refractivity contribution in [2.24, 2.45) is 0 Å². The fourth-order valence-electron chi connectivity index (χ4n) is 4.55. The van der Waals surface area contributed by atoms with Crippen molar-refractivity contribution >= 4 is 40.5 Å². The van der Waals surface area contributed by atoms with Crippen LogP contribution in [0.2, 0.25) is 5.28 Å². The Kier molecular flexibility index (Phi) is 8.29. The van der Waals surface area contributed by atoms with Gasteiger partial charge in [0.2, 0.25) is 11.2 Å². The molecule has 4 aromatic rings. The van der Waals surface area contributed by atoms with Crippen LogP contribution in [0, 0.1) is 12.3 Å². The van der Waals surface area contributed by atoms with Crippen molar-refractivity contribution in [1.29, 1.82) is 0 Å². The number of nitrogens with one attached hydrogen (secondary N) is 1. The molecule has 1 saturated heterocycles. The van der Waals surface area contributed by atoms with E-state index in [1.807, 2.05) is 60.7 Å². The lowest BCUT2D eigenvalue weighted by atomic mass is 10.0. The van der Waals surface area contributed by atoms with E-state index < -0.39 is 18.0 Å². The van der Waals surface area contributed by atoms with Crippen molar-refractivity contribution in [3.63, 3.8) is 0 Å². The molecule has 1 N–H and O–H groups in total. The van der Waals surface area contributed by atoms with Crippen LogP contribution in [0.15, 0.2) is 72.9 Å². The molecule has 2 aromatic heterocycles. The van der Waals surface area contributed by atoms with Gasteiger partial charge in [-0.1, -0.05) is 66.6 Å². The van der Waals surface area contributed by atoms with Gasteiger partial charge in [0.05, 0.1) is 5.39 Å². The molecule has 204 valence electrons. The Morgan fingerprint density at radius 1 is 1.07 bits per heavy atom. The van der Waals surface area contributed by atoms with Crippen LogP contribution in [-0.4, -0.2) is 38.8 Å². The van der Waals surface area contributed by atoms with Gasteiger partial charge in [0.1, 0.15) is 30.9 Å². The van der Waals surface area contributed by atoms with Gasteiger partial charge < -0.3 is 24.1 Å². The molecule has 1 aliphatic heterocycles. The number of benzene rings is 2. The van der Waals surface area contributed by atoms with Crippen molar-refractivity contribution < 1.29 is 23.8 Å². The maximum Gasteiger partial charge on any atom is 0.508 e. The highest BCUT2D eigenvalue weighted by molar-refractivity contribution is 6.28. The second kappa shape index (κ2) is 12.2. The largest absolute Gasteiger partial charge is 0.508 e. The molecule has 1 fully saturated rings. The maximum atomic E-state index is 12.7. The van der Waals surface area contributed by atoms with Crippen molar-refractivity contribution in [2.45, 2.75) is 44.1 Å². The van der Waals surface area contributed by atoms with Crippen LogP contribution in [0.5, 0.6) is 0 Å². The third-order valence-electron chi connectivity index (χ3n) is 6.64. The van der Waals surface area contributed by atoms with Gasteiger partial charge in [0.25, 0.3) is 0 Å². The Balaban J connectivity index is 1.22. The van der Waals surface area contributed by atoms with E-state index in [1.165, 1.54) is 0 Å². The fourth-order valence-corrected chi connectivity index (χ4v) is 4.71. The molecule has 2 atom stereocenters. The number of anilines is 1. The van der Waals surface area contributed by atoms with Crippen LogP contribution in [-0.2, 0) is 32.0 Å². The van der Waals surface area contributed by atoms with Gasteiger partial charge in [-0.05, 0) is 48.1 Å². The summed E-state index contributed by atoms with van der Waals surface area (Å²) >= 11 is 6.23. The highest BCUT2D eigenvalue weighted by atomic mass is 35.5. The molecular weight excluding hydrogens is 532 g/mol. The normalized spacial score (nSPS) is 18.2. The summed E-state index contributed by atoms with van der Waals surface area (Å²) in [5, 5.41) is 3.45. The molecule has 40 heavy (non-hydrogen) atoms. The van der Waals surface area contributed by atoms with Gasteiger partial charge in [-0.2, -0.15) is 9.97 Å². The third kappa shape index (κ3) is 6.42. The lowest BCUT2D eigenvalue weighted by Gasteiger charge is -2.23. The first kappa shape index (κ1) is 27.2. The number of hydrogen-bond acceptors (Lipinski definition) is 7. The number of rotatable bonds is 9. The molecule has 3 heterocycles. The SMILES string of the molecule is C#C[C@@]1(COC(=O)OCc2ccccc2)CC[C@H](n2ccc3c(NC(=O)CCc4ccccc4)nc(Cl)nc32)O1. The quantitative estimate of drug-likeness (QED) is 0.160. The Morgan fingerprint density at radius 3 is 2.52 bits per heavy atom. The number of ether oxygens (including phenoxy) is 3. The van der Waals surface area contributed by atoms with E-state index in [1.54, 1.807) is 16.8 Å². The Hall–Kier alpha value is -4.39. The Labute approximate surface area is 236 Å². The van der Waals surface area contributed by atoms with Crippen molar-refractivity contribution in [3.05, 3.63) is 89.3 Å². The summed E-state index contributed by atoms with van der Waals surface area (Å²) < 4.78 is 18.5. The van der Waals surface area contributed by atoms with Crippen molar-refractivity contribution in [1.82, 2.24) is 14.5 Å². The van der Waals surface area contributed by atoms with Crippen LogP contribution in [0.25, 0.3) is 11.0 Å². The van der Waals surface area contributed by atoms with E-state index >= 15 is 0 Å². The van der Waals surface area contributed by atoms with Crippen molar-refractivity contribution in [3.8, 4) is 12.3 Å². The van der Waals surface area contributed by atoms with Gasteiger partial charge in [-0.15, -0.1) is 6.42 Å². The van der Waals surface area contributed by atoms with E-state index in [2.05, 4.69) is 21.2 Å². The summed E-state index contributed by atoms with van der Waals surface area (Å²) in [6.07, 6.45) is 8.14. The Morgan fingerprint density at radius 2 is 1.80 bits per heavy atom. The van der Waals surface area contributed by atoms with Gasteiger partial charge in [-0.25, -0.2) is 4.79 Å². The second-order valence-corrected chi connectivity index (χ2v) is 9.74. The molecule has 0 saturated carbocycles. The van der Waals surface area contributed by atoms with Crippen LogP contribution < -0.4 is 5.32 Å². The van der Waals surface area contributed by atoms with E-state index in [9.17, 15) is 9.59 Å². The smallest absolute Gasteiger partial charge is 0.430 e. The monoisotopic (exact) mass is 558 g/mol. The molecule has 0 radical (unpaired) electrons. The number of halogens is 1. The van der Waals surface area contributed by atoms with E-state index in [-0.39, 0.29) is 30.8 Å². The predicted molar refractivity (Wildman–Crippen MR) is 149 cm³/mol. The number of fused-ring (bicyclic) bond motifs is 1. The number of terminal acetylenes is 1. The highest BCUT2D eigenvalue weighted by Crippen LogP contribution is 2.39. The topological polar surface area (TPSA) is 105 Å². The summed E-state index contributed by atoms with van der Waals surface area (Å²) in [6.45, 7) is -0.0710. The van der Waals surface area contributed by atoms with Crippen LogP contribution in [0.4, 0.5) is 10.6 Å². The van der Waals surface area contributed by atoms with E-state index in [0.29, 0.717) is 36.1 Å². The minimum absolute atomic E-state index is 0.0171. The molecule has 0 unspecified atom stereocenters. The molecule has 0 bridgehead atoms. The minimum Gasteiger partial charge on any atom is -0.430 e. The van der Waals surface area contributed by atoms with Gasteiger partial charge in [0.15, 0.2) is 5.60 Å². The molecule has 2 aromatic carbocycles. The summed E-state index contributed by atoms with van der Waals surface area (Å²) in [6, 6.07) is 20.8. The van der Waals surface area contributed by atoms with Gasteiger partial charge in [0, 0.05) is 12.6 Å². The van der Waals surface area contributed by atoms with Crippen molar-refractivity contribution in [2.75, 3.05) is 11.9 Å². The van der Waals surface area contributed by atoms with E-state index in [0.717, 1.165) is 11.1 Å². The molecule has 1 amide bonds. The molecule has 5 rings (SSSR count). The molecular formula is C30H27ClN4O5. The highest BCUT2D eigenvalue weighted by Gasteiger charge is 2.41. The van der Waals surface area contributed by atoms with E-state index in [4.69, 9.17) is 32.2 Å². The number of aromatic nitrogens is 3. The zero-order valence-corrected chi connectivity index (χ0v) is 22.3. The zero-order valence-electron chi connectivity index (χ0n) is 21.6. The second-order valence-electron chi connectivity index (χ2n) is 9.40. The summed E-state index contributed by atoms with van der Waals surface area (Å²) in [7, 11) is 0. The summed E-state index contributed by atoms with van der Waals surface area (Å²) in [5.74, 6) is 2.77. The van der Waals surface area contributed by atoms with Crippen LogP contribution in [0.3, 0.4) is 0 Å². The number of hydrogen-bond donors (Lipinski definition) is 1. The molecule has 1 aliphatic rings. The average Bonchev–Trinajstić information content (AvgIpc) is 3.60. The average molecular weight is 559 g/mol. The zero-order chi connectivity index (χ0) is 28.0. The number of nitrogens with zero attached hydrogens (tertiary/aromatic N) is 3. The number of amides is 1. The van der Waals surface area contributed by atoms with Crippen LogP contribution in [0.1, 0.15) is 36.6 Å². The van der Waals surface area contributed by atoms with Crippen LogP contribution >= 0.6 is 11.6 Å². The maximum absolute atomic E-state index is 12.7. The molecule has 0 spiro atoms. The lowest BCUT2D eigenvalue weighted by Crippen LogP contribution is -2.34. The predicted octanol–water partition coefficient (Wildman–Crippen LogP) is 5.69. The van der Waals surface area contributed by atoms with Gasteiger partial charge in [-0.3, -0.25) is 4.79 Å².